The SMILES string of the molecule is O=C(c1cccc(Cl)c1)N1CCSC1c1cccnc1. The van der Waals surface area contributed by atoms with Gasteiger partial charge in [0, 0.05) is 40.8 Å². The van der Waals surface area contributed by atoms with Gasteiger partial charge in [-0.25, -0.2) is 0 Å². The molecule has 3 nitrogen and oxygen atoms in total. The highest BCUT2D eigenvalue weighted by molar-refractivity contribution is 7.99. The standard InChI is InChI=1S/C15H13ClN2OS/c16-13-5-1-3-11(9-13)14(19)18-7-8-20-15(18)12-4-2-6-17-10-12/h1-6,9-10,15H,7-8H2. The molecule has 1 aliphatic heterocycles. The van der Waals surface area contributed by atoms with Crippen molar-refractivity contribution in [2.24, 2.45) is 0 Å². The molecule has 0 bridgehead atoms. The second kappa shape index (κ2) is 5.85. The molecular weight excluding hydrogens is 292 g/mol. The number of benzene rings is 1. The lowest BCUT2D eigenvalue weighted by Gasteiger charge is -2.24. The van der Waals surface area contributed by atoms with Crippen LogP contribution in [0.25, 0.3) is 0 Å². The Morgan fingerprint density at radius 2 is 2.25 bits per heavy atom. The fourth-order valence-corrected chi connectivity index (χ4v) is 3.69. The van der Waals surface area contributed by atoms with Gasteiger partial charge in [0.15, 0.2) is 0 Å². The van der Waals surface area contributed by atoms with E-state index in [-0.39, 0.29) is 11.3 Å². The van der Waals surface area contributed by atoms with Gasteiger partial charge < -0.3 is 4.90 Å². The molecule has 20 heavy (non-hydrogen) atoms. The van der Waals surface area contributed by atoms with Crippen LogP contribution >= 0.6 is 23.4 Å². The lowest BCUT2D eigenvalue weighted by atomic mass is 10.2. The number of amides is 1. The zero-order valence-electron chi connectivity index (χ0n) is 10.7. The van der Waals surface area contributed by atoms with Gasteiger partial charge in [-0.05, 0) is 24.3 Å². The number of halogens is 1. The Hall–Kier alpha value is -1.52. The minimum absolute atomic E-state index is 0.0198. The van der Waals surface area contributed by atoms with Crippen molar-refractivity contribution < 1.29 is 4.79 Å². The van der Waals surface area contributed by atoms with E-state index in [1.54, 1.807) is 42.2 Å². The molecule has 0 N–H and O–H groups in total. The maximum atomic E-state index is 12.6. The number of carbonyl (C=O) groups is 1. The van der Waals surface area contributed by atoms with E-state index in [9.17, 15) is 4.79 Å². The number of carbonyl (C=O) groups excluding carboxylic acids is 1. The number of rotatable bonds is 2. The van der Waals surface area contributed by atoms with Crippen molar-refractivity contribution in [1.29, 1.82) is 0 Å². The summed E-state index contributed by atoms with van der Waals surface area (Å²) >= 11 is 7.73. The third kappa shape index (κ3) is 2.67. The van der Waals surface area contributed by atoms with E-state index >= 15 is 0 Å². The normalized spacial score (nSPS) is 18.2. The Bertz CT molecular complexity index is 620. The Morgan fingerprint density at radius 3 is 3.00 bits per heavy atom. The molecule has 1 aromatic carbocycles. The van der Waals surface area contributed by atoms with E-state index in [1.807, 2.05) is 23.2 Å². The number of hydrogen-bond donors (Lipinski definition) is 0. The summed E-state index contributed by atoms with van der Waals surface area (Å²) in [5, 5.41) is 0.621. The van der Waals surface area contributed by atoms with Gasteiger partial charge in [0.1, 0.15) is 5.37 Å². The fraction of sp³-hybridized carbons (Fsp3) is 0.200. The molecule has 102 valence electrons. The van der Waals surface area contributed by atoms with Crippen LogP contribution in [0.3, 0.4) is 0 Å². The molecule has 0 spiro atoms. The first-order valence-corrected chi connectivity index (χ1v) is 7.76. The van der Waals surface area contributed by atoms with Crippen molar-refractivity contribution in [3.8, 4) is 0 Å². The molecule has 2 aromatic rings. The van der Waals surface area contributed by atoms with Crippen molar-refractivity contribution in [2.45, 2.75) is 5.37 Å². The summed E-state index contributed by atoms with van der Waals surface area (Å²) in [6.45, 7) is 0.746. The summed E-state index contributed by atoms with van der Waals surface area (Å²) in [5.74, 6) is 0.956. The zero-order chi connectivity index (χ0) is 13.9. The van der Waals surface area contributed by atoms with Crippen LogP contribution in [0.2, 0.25) is 5.02 Å². The van der Waals surface area contributed by atoms with E-state index in [1.165, 1.54) is 0 Å². The highest BCUT2D eigenvalue weighted by Gasteiger charge is 2.31. The molecule has 1 aliphatic rings. The maximum Gasteiger partial charge on any atom is 0.255 e. The predicted molar refractivity (Wildman–Crippen MR) is 81.9 cm³/mol. The Morgan fingerprint density at radius 1 is 1.35 bits per heavy atom. The molecule has 0 saturated carbocycles. The van der Waals surface area contributed by atoms with Crippen molar-refractivity contribution in [1.82, 2.24) is 9.88 Å². The number of pyridine rings is 1. The lowest BCUT2D eigenvalue weighted by Crippen LogP contribution is -2.30. The van der Waals surface area contributed by atoms with Crippen LogP contribution in [0.4, 0.5) is 0 Å². The number of nitrogens with zero attached hydrogens (tertiary/aromatic N) is 2. The summed E-state index contributed by atoms with van der Waals surface area (Å²) < 4.78 is 0. The quantitative estimate of drug-likeness (QED) is 0.849. The molecule has 1 unspecified atom stereocenters. The van der Waals surface area contributed by atoms with E-state index in [4.69, 9.17) is 11.6 Å². The van der Waals surface area contributed by atoms with Crippen LogP contribution in [0, 0.1) is 0 Å². The minimum Gasteiger partial charge on any atom is -0.322 e. The Kier molecular flexibility index (Phi) is 3.94. The van der Waals surface area contributed by atoms with Gasteiger partial charge in [-0.15, -0.1) is 11.8 Å². The monoisotopic (exact) mass is 304 g/mol. The average molecular weight is 305 g/mol. The van der Waals surface area contributed by atoms with Crippen LogP contribution in [-0.4, -0.2) is 28.1 Å². The molecule has 1 atom stereocenters. The number of thioether (sulfide) groups is 1. The Labute approximate surface area is 127 Å². The van der Waals surface area contributed by atoms with E-state index in [0.29, 0.717) is 10.6 Å². The molecule has 1 fully saturated rings. The van der Waals surface area contributed by atoms with Crippen LogP contribution < -0.4 is 0 Å². The molecular formula is C15H13ClN2OS. The van der Waals surface area contributed by atoms with Gasteiger partial charge >= 0.3 is 0 Å². The lowest BCUT2D eigenvalue weighted by molar-refractivity contribution is 0.0760. The number of hydrogen-bond acceptors (Lipinski definition) is 3. The molecule has 2 heterocycles. The minimum atomic E-state index is 0.0198. The second-order valence-electron chi connectivity index (χ2n) is 4.52. The summed E-state index contributed by atoms with van der Waals surface area (Å²) in [6.07, 6.45) is 3.56. The largest absolute Gasteiger partial charge is 0.322 e. The highest BCUT2D eigenvalue weighted by atomic mass is 35.5. The summed E-state index contributed by atoms with van der Waals surface area (Å²) in [6, 6.07) is 11.0. The van der Waals surface area contributed by atoms with E-state index in [2.05, 4.69) is 4.98 Å². The molecule has 1 saturated heterocycles. The molecule has 1 amide bonds. The first kappa shape index (κ1) is 13.5. The van der Waals surface area contributed by atoms with Gasteiger partial charge in [0.2, 0.25) is 0 Å². The second-order valence-corrected chi connectivity index (χ2v) is 6.14. The van der Waals surface area contributed by atoms with E-state index < -0.39 is 0 Å². The van der Waals surface area contributed by atoms with Gasteiger partial charge in [-0.1, -0.05) is 23.7 Å². The van der Waals surface area contributed by atoms with Crippen LogP contribution in [0.1, 0.15) is 21.3 Å². The summed E-state index contributed by atoms with van der Waals surface area (Å²) in [4.78, 5) is 18.6. The molecule has 5 heteroatoms. The first-order valence-electron chi connectivity index (χ1n) is 6.34. The summed E-state index contributed by atoms with van der Waals surface area (Å²) in [5.41, 5.74) is 1.69. The van der Waals surface area contributed by atoms with Gasteiger partial charge in [0.05, 0.1) is 0 Å². The number of aromatic nitrogens is 1. The van der Waals surface area contributed by atoms with Crippen LogP contribution in [0.15, 0.2) is 48.8 Å². The zero-order valence-corrected chi connectivity index (χ0v) is 12.3. The van der Waals surface area contributed by atoms with Crippen molar-refractivity contribution in [3.63, 3.8) is 0 Å². The third-order valence-electron chi connectivity index (χ3n) is 3.19. The molecule has 0 aliphatic carbocycles. The maximum absolute atomic E-state index is 12.6. The first-order chi connectivity index (χ1) is 9.75. The smallest absolute Gasteiger partial charge is 0.255 e. The summed E-state index contributed by atoms with van der Waals surface area (Å²) in [7, 11) is 0. The van der Waals surface area contributed by atoms with Gasteiger partial charge in [0.25, 0.3) is 5.91 Å². The van der Waals surface area contributed by atoms with Crippen molar-refractivity contribution in [2.75, 3.05) is 12.3 Å². The Balaban J connectivity index is 1.87. The van der Waals surface area contributed by atoms with Gasteiger partial charge in [-0.2, -0.15) is 0 Å². The fourth-order valence-electron chi connectivity index (χ4n) is 2.26. The average Bonchev–Trinajstić information content (AvgIpc) is 2.97. The topological polar surface area (TPSA) is 33.2 Å². The predicted octanol–water partition coefficient (Wildman–Crippen LogP) is 3.62. The highest BCUT2D eigenvalue weighted by Crippen LogP contribution is 2.38. The molecule has 3 rings (SSSR count). The van der Waals surface area contributed by atoms with Crippen molar-refractivity contribution >= 4 is 29.3 Å². The van der Waals surface area contributed by atoms with Crippen molar-refractivity contribution in [3.05, 3.63) is 64.9 Å². The van der Waals surface area contributed by atoms with Crippen LogP contribution in [-0.2, 0) is 0 Å². The molecule has 0 radical (unpaired) electrons. The molecule has 1 aromatic heterocycles. The van der Waals surface area contributed by atoms with E-state index in [0.717, 1.165) is 17.9 Å². The third-order valence-corrected chi connectivity index (χ3v) is 4.69. The van der Waals surface area contributed by atoms with Gasteiger partial charge in [-0.3, -0.25) is 9.78 Å². The van der Waals surface area contributed by atoms with Crippen LogP contribution in [0.5, 0.6) is 0 Å².